The fourth-order valence-corrected chi connectivity index (χ4v) is 1.99. The molecule has 0 atom stereocenters. The molecule has 0 aliphatic heterocycles. The molecule has 0 spiro atoms. The Hall–Kier alpha value is -1.02. The van der Waals surface area contributed by atoms with Crippen LogP contribution in [0.1, 0.15) is 51.0 Å². The molecule has 2 nitrogen and oxygen atoms in total. The van der Waals surface area contributed by atoms with Crippen LogP contribution in [0.25, 0.3) is 0 Å². The van der Waals surface area contributed by atoms with Gasteiger partial charge in [0.05, 0.1) is 0 Å². The van der Waals surface area contributed by atoms with Crippen LogP contribution >= 0.6 is 0 Å². The van der Waals surface area contributed by atoms with Crippen LogP contribution in [0.5, 0.6) is 0 Å². The molecular weight excluding hydrogens is 222 g/mol. The standard InChI is InChI=1S/C16H27NO/c1-2-3-8-15-9-11-16(12-10-15)17-13-6-4-5-7-14-18/h9-12,17-18H,2-8,13-14H2,1H3. The summed E-state index contributed by atoms with van der Waals surface area (Å²) in [6.45, 7) is 3.58. The lowest BCUT2D eigenvalue weighted by Gasteiger charge is -2.07. The number of aliphatic hydroxyl groups is 1. The van der Waals surface area contributed by atoms with E-state index in [4.69, 9.17) is 5.11 Å². The monoisotopic (exact) mass is 249 g/mol. The van der Waals surface area contributed by atoms with Crippen molar-refractivity contribution in [1.29, 1.82) is 0 Å². The molecule has 0 aliphatic rings. The highest BCUT2D eigenvalue weighted by atomic mass is 16.2. The lowest BCUT2D eigenvalue weighted by molar-refractivity contribution is 0.283. The number of unbranched alkanes of at least 4 members (excludes halogenated alkanes) is 4. The van der Waals surface area contributed by atoms with Crippen molar-refractivity contribution < 1.29 is 5.11 Å². The average molecular weight is 249 g/mol. The van der Waals surface area contributed by atoms with Crippen LogP contribution in [0.3, 0.4) is 0 Å². The Kier molecular flexibility index (Phi) is 8.32. The van der Waals surface area contributed by atoms with Gasteiger partial charge in [-0.05, 0) is 43.4 Å². The molecule has 0 amide bonds. The zero-order valence-corrected chi connectivity index (χ0v) is 11.6. The van der Waals surface area contributed by atoms with Gasteiger partial charge in [0.2, 0.25) is 0 Å². The minimum Gasteiger partial charge on any atom is -0.396 e. The molecule has 0 bridgehead atoms. The first kappa shape index (κ1) is 15.0. The third-order valence-electron chi connectivity index (χ3n) is 3.19. The third kappa shape index (κ3) is 6.65. The summed E-state index contributed by atoms with van der Waals surface area (Å²) in [5.41, 5.74) is 2.66. The molecule has 0 fully saturated rings. The van der Waals surface area contributed by atoms with Crippen molar-refractivity contribution >= 4 is 5.69 Å². The molecule has 2 N–H and O–H groups in total. The van der Waals surface area contributed by atoms with E-state index in [0.29, 0.717) is 6.61 Å². The minimum atomic E-state index is 0.326. The normalized spacial score (nSPS) is 10.6. The van der Waals surface area contributed by atoms with E-state index in [1.165, 1.54) is 43.4 Å². The molecule has 0 unspecified atom stereocenters. The van der Waals surface area contributed by atoms with Gasteiger partial charge in [-0.2, -0.15) is 0 Å². The van der Waals surface area contributed by atoms with Crippen LogP contribution < -0.4 is 5.32 Å². The third-order valence-corrected chi connectivity index (χ3v) is 3.19. The van der Waals surface area contributed by atoms with E-state index in [0.717, 1.165) is 19.4 Å². The molecule has 18 heavy (non-hydrogen) atoms. The Labute approximate surface area is 111 Å². The van der Waals surface area contributed by atoms with Crippen molar-refractivity contribution in [2.24, 2.45) is 0 Å². The van der Waals surface area contributed by atoms with Gasteiger partial charge < -0.3 is 10.4 Å². The largest absolute Gasteiger partial charge is 0.396 e. The Morgan fingerprint density at radius 1 is 0.944 bits per heavy atom. The molecule has 0 saturated carbocycles. The molecule has 0 saturated heterocycles. The van der Waals surface area contributed by atoms with E-state index >= 15 is 0 Å². The van der Waals surface area contributed by atoms with E-state index in [1.54, 1.807) is 0 Å². The highest BCUT2D eigenvalue weighted by Gasteiger charge is 1.95. The summed E-state index contributed by atoms with van der Waals surface area (Å²) in [5, 5.41) is 12.1. The lowest BCUT2D eigenvalue weighted by atomic mass is 10.1. The smallest absolute Gasteiger partial charge is 0.0431 e. The Balaban J connectivity index is 2.14. The van der Waals surface area contributed by atoms with Crippen LogP contribution in [0.4, 0.5) is 5.69 Å². The number of hydrogen-bond acceptors (Lipinski definition) is 2. The maximum atomic E-state index is 8.67. The predicted octanol–water partition coefficient (Wildman–Crippen LogP) is 3.99. The van der Waals surface area contributed by atoms with Crippen LogP contribution in [-0.4, -0.2) is 18.3 Å². The van der Waals surface area contributed by atoms with Gasteiger partial charge >= 0.3 is 0 Å². The molecule has 1 rings (SSSR count). The Morgan fingerprint density at radius 3 is 2.33 bits per heavy atom. The Morgan fingerprint density at radius 2 is 1.67 bits per heavy atom. The summed E-state index contributed by atoms with van der Waals surface area (Å²) in [6.07, 6.45) is 8.17. The summed E-state index contributed by atoms with van der Waals surface area (Å²) in [7, 11) is 0. The van der Waals surface area contributed by atoms with E-state index in [9.17, 15) is 0 Å². The van der Waals surface area contributed by atoms with Crippen LogP contribution in [0.15, 0.2) is 24.3 Å². The van der Waals surface area contributed by atoms with E-state index in [1.807, 2.05) is 0 Å². The topological polar surface area (TPSA) is 32.3 Å². The second-order valence-corrected chi connectivity index (χ2v) is 4.87. The highest BCUT2D eigenvalue weighted by molar-refractivity contribution is 5.44. The van der Waals surface area contributed by atoms with Crippen LogP contribution in [0, 0.1) is 0 Å². The summed E-state index contributed by atoms with van der Waals surface area (Å²) >= 11 is 0. The number of aryl methyl sites for hydroxylation is 1. The lowest BCUT2D eigenvalue weighted by Crippen LogP contribution is -2.01. The van der Waals surface area contributed by atoms with Gasteiger partial charge in [0, 0.05) is 18.8 Å². The number of rotatable bonds is 10. The van der Waals surface area contributed by atoms with Crippen molar-refractivity contribution in [3.63, 3.8) is 0 Å². The number of benzene rings is 1. The number of nitrogens with one attached hydrogen (secondary N) is 1. The molecule has 2 heteroatoms. The van der Waals surface area contributed by atoms with Crippen molar-refractivity contribution in [3.8, 4) is 0 Å². The molecule has 1 aromatic carbocycles. The first-order valence-electron chi connectivity index (χ1n) is 7.30. The molecular formula is C16H27NO. The quantitative estimate of drug-likeness (QED) is 0.614. The molecule has 0 aliphatic carbocycles. The number of hydrogen-bond donors (Lipinski definition) is 2. The first-order chi connectivity index (χ1) is 8.86. The summed E-state index contributed by atoms with van der Waals surface area (Å²) in [6, 6.07) is 8.81. The molecule has 1 aromatic rings. The maximum Gasteiger partial charge on any atom is 0.0431 e. The second-order valence-electron chi connectivity index (χ2n) is 4.87. The first-order valence-corrected chi connectivity index (χ1v) is 7.30. The van der Waals surface area contributed by atoms with Crippen molar-refractivity contribution in [1.82, 2.24) is 0 Å². The maximum absolute atomic E-state index is 8.67. The number of aliphatic hydroxyl groups excluding tert-OH is 1. The second kappa shape index (κ2) is 9.95. The van der Waals surface area contributed by atoms with Gasteiger partial charge in [0.15, 0.2) is 0 Å². The molecule has 0 radical (unpaired) electrons. The van der Waals surface area contributed by atoms with E-state index in [2.05, 4.69) is 36.5 Å². The van der Waals surface area contributed by atoms with Crippen LogP contribution in [0.2, 0.25) is 0 Å². The summed E-state index contributed by atoms with van der Waals surface area (Å²) in [5.74, 6) is 0. The van der Waals surface area contributed by atoms with Gasteiger partial charge in [0.1, 0.15) is 0 Å². The molecule has 0 heterocycles. The zero-order valence-electron chi connectivity index (χ0n) is 11.6. The molecule has 0 aromatic heterocycles. The van der Waals surface area contributed by atoms with Crippen molar-refractivity contribution in [2.75, 3.05) is 18.5 Å². The van der Waals surface area contributed by atoms with Gasteiger partial charge in [-0.25, -0.2) is 0 Å². The van der Waals surface area contributed by atoms with E-state index in [-0.39, 0.29) is 0 Å². The van der Waals surface area contributed by atoms with Crippen molar-refractivity contribution in [2.45, 2.75) is 51.9 Å². The van der Waals surface area contributed by atoms with Crippen LogP contribution in [-0.2, 0) is 6.42 Å². The summed E-state index contributed by atoms with van der Waals surface area (Å²) < 4.78 is 0. The Bertz CT molecular complexity index is 294. The highest BCUT2D eigenvalue weighted by Crippen LogP contribution is 2.12. The zero-order chi connectivity index (χ0) is 13.1. The van der Waals surface area contributed by atoms with Gasteiger partial charge in [-0.15, -0.1) is 0 Å². The number of anilines is 1. The predicted molar refractivity (Wildman–Crippen MR) is 79.1 cm³/mol. The minimum absolute atomic E-state index is 0.326. The van der Waals surface area contributed by atoms with Crippen molar-refractivity contribution in [3.05, 3.63) is 29.8 Å². The van der Waals surface area contributed by atoms with Gasteiger partial charge in [-0.1, -0.05) is 38.3 Å². The van der Waals surface area contributed by atoms with E-state index < -0.39 is 0 Å². The fourth-order valence-electron chi connectivity index (χ4n) is 1.99. The fraction of sp³-hybridized carbons (Fsp3) is 0.625. The summed E-state index contributed by atoms with van der Waals surface area (Å²) in [4.78, 5) is 0. The van der Waals surface area contributed by atoms with Gasteiger partial charge in [-0.3, -0.25) is 0 Å². The SMILES string of the molecule is CCCCc1ccc(NCCCCCCO)cc1. The average Bonchev–Trinajstić information content (AvgIpc) is 2.42. The van der Waals surface area contributed by atoms with Gasteiger partial charge in [0.25, 0.3) is 0 Å². The molecule has 102 valence electrons.